The summed E-state index contributed by atoms with van der Waals surface area (Å²) in [5, 5.41) is 8.27. The Morgan fingerprint density at radius 3 is 1.96 bits per heavy atom. The smallest absolute Gasteiger partial charge is 0.416 e. The van der Waals surface area contributed by atoms with Crippen molar-refractivity contribution in [2.75, 3.05) is 4.72 Å². The highest BCUT2D eigenvalue weighted by atomic mass is 32.2. The van der Waals surface area contributed by atoms with Crippen molar-refractivity contribution in [1.29, 1.82) is 0 Å². The number of aromatic carboxylic acids is 1. The van der Waals surface area contributed by atoms with Gasteiger partial charge in [0.05, 0.1) is 21.5 Å². The number of nitrogens with zero attached hydrogens (tertiary/aromatic N) is 1. The van der Waals surface area contributed by atoms with Crippen molar-refractivity contribution in [3.63, 3.8) is 0 Å². The fourth-order valence-corrected chi connectivity index (χ4v) is 3.79. The number of hydrogen-bond acceptors (Lipinski definition) is 5. The van der Waals surface area contributed by atoms with Crippen molar-refractivity contribution >= 4 is 32.3 Å². The highest BCUT2D eigenvalue weighted by molar-refractivity contribution is 7.93. The fraction of sp³-hybridized carbons (Fsp3) is 0.167. The Labute approximate surface area is 145 Å². The van der Waals surface area contributed by atoms with Crippen LogP contribution in [0.4, 0.5) is 31.3 Å². The monoisotopic (exact) mass is 420 g/mol. The molecule has 1 aromatic carbocycles. The van der Waals surface area contributed by atoms with Gasteiger partial charge >= 0.3 is 18.3 Å². The van der Waals surface area contributed by atoms with E-state index in [4.69, 9.17) is 5.11 Å². The van der Waals surface area contributed by atoms with Crippen LogP contribution < -0.4 is 4.72 Å². The van der Waals surface area contributed by atoms with Crippen LogP contribution in [0.5, 0.6) is 0 Å². The number of hydrogen-bond donors (Lipinski definition) is 2. The predicted octanol–water partition coefficient (Wildman–Crippen LogP) is 3.68. The first-order valence-corrected chi connectivity index (χ1v) is 8.57. The van der Waals surface area contributed by atoms with Crippen LogP contribution >= 0.6 is 11.3 Å². The highest BCUT2D eigenvalue weighted by Gasteiger charge is 2.38. The number of sulfonamides is 1. The Hall–Kier alpha value is -2.35. The van der Waals surface area contributed by atoms with Gasteiger partial charge in [-0.3, -0.25) is 4.72 Å². The average Bonchev–Trinajstić information content (AvgIpc) is 2.92. The van der Waals surface area contributed by atoms with Gasteiger partial charge in [-0.2, -0.15) is 26.3 Å². The molecule has 0 bridgehead atoms. The molecule has 2 aromatic rings. The van der Waals surface area contributed by atoms with Gasteiger partial charge in [0.25, 0.3) is 10.0 Å². The SMILES string of the molecule is O=C(O)c1ncsc1NS(=O)(=O)c1cc(C(F)(F)F)cc(C(F)(F)F)c1. The van der Waals surface area contributed by atoms with E-state index in [1.165, 1.54) is 0 Å². The van der Waals surface area contributed by atoms with Crippen LogP contribution in [0.25, 0.3) is 0 Å². The number of alkyl halides is 6. The van der Waals surface area contributed by atoms with E-state index in [2.05, 4.69) is 4.98 Å². The van der Waals surface area contributed by atoms with Crippen molar-refractivity contribution in [2.45, 2.75) is 17.2 Å². The fourth-order valence-electron chi connectivity index (χ4n) is 1.73. The lowest BCUT2D eigenvalue weighted by Crippen LogP contribution is -2.18. The lowest BCUT2D eigenvalue weighted by molar-refractivity contribution is -0.143. The number of aromatic nitrogens is 1. The third kappa shape index (κ3) is 4.24. The van der Waals surface area contributed by atoms with Crippen LogP contribution in [0.3, 0.4) is 0 Å². The molecule has 6 nitrogen and oxygen atoms in total. The first-order valence-electron chi connectivity index (χ1n) is 6.21. The minimum absolute atomic E-state index is 0.0129. The molecular weight excluding hydrogens is 414 g/mol. The van der Waals surface area contributed by atoms with Crippen LogP contribution in [0.1, 0.15) is 21.6 Å². The highest BCUT2D eigenvalue weighted by Crippen LogP contribution is 2.37. The third-order valence-corrected chi connectivity index (χ3v) is 5.07. The number of carbonyl (C=O) groups is 1. The summed E-state index contributed by atoms with van der Waals surface area (Å²) >= 11 is 0.492. The molecule has 0 amide bonds. The van der Waals surface area contributed by atoms with E-state index in [0.29, 0.717) is 11.3 Å². The average molecular weight is 420 g/mol. The van der Waals surface area contributed by atoms with Gasteiger partial charge in [-0.25, -0.2) is 18.2 Å². The van der Waals surface area contributed by atoms with Crippen molar-refractivity contribution in [1.82, 2.24) is 4.98 Å². The molecule has 0 aliphatic rings. The summed E-state index contributed by atoms with van der Waals surface area (Å²) in [4.78, 5) is 12.9. The van der Waals surface area contributed by atoms with E-state index in [9.17, 15) is 39.6 Å². The first-order chi connectivity index (χ1) is 11.7. The van der Waals surface area contributed by atoms with Crippen molar-refractivity contribution in [2.24, 2.45) is 0 Å². The molecule has 0 atom stereocenters. The molecule has 0 fully saturated rings. The number of thiazole rings is 1. The van der Waals surface area contributed by atoms with Gasteiger partial charge in [0.15, 0.2) is 5.69 Å². The molecule has 1 heterocycles. The molecule has 142 valence electrons. The molecule has 0 spiro atoms. The number of nitrogens with one attached hydrogen (secondary N) is 1. The van der Waals surface area contributed by atoms with Gasteiger partial charge in [0.1, 0.15) is 5.00 Å². The van der Waals surface area contributed by atoms with Gasteiger partial charge < -0.3 is 5.11 Å². The van der Waals surface area contributed by atoms with Crippen LogP contribution in [-0.4, -0.2) is 24.5 Å². The summed E-state index contributed by atoms with van der Waals surface area (Å²) in [7, 11) is -4.95. The van der Waals surface area contributed by atoms with Crippen molar-refractivity contribution in [3.05, 3.63) is 40.5 Å². The number of carboxylic acids is 1. The Morgan fingerprint density at radius 1 is 1.04 bits per heavy atom. The summed E-state index contributed by atoms with van der Waals surface area (Å²) in [5.41, 5.74) is -3.46. The second kappa shape index (κ2) is 6.42. The third-order valence-electron chi connectivity index (χ3n) is 2.87. The summed E-state index contributed by atoms with van der Waals surface area (Å²) in [6.45, 7) is 0. The topological polar surface area (TPSA) is 96.4 Å². The molecule has 1 aromatic heterocycles. The molecule has 26 heavy (non-hydrogen) atoms. The quantitative estimate of drug-likeness (QED) is 0.736. The Bertz CT molecular complexity index is 917. The van der Waals surface area contributed by atoms with Gasteiger partial charge in [-0.15, -0.1) is 11.3 Å². The zero-order valence-electron chi connectivity index (χ0n) is 12.0. The zero-order valence-corrected chi connectivity index (χ0v) is 13.6. The molecule has 0 radical (unpaired) electrons. The molecule has 2 rings (SSSR count). The standard InChI is InChI=1S/C12H6F6N2O4S2/c13-11(14,15)5-1-6(12(16,17)18)3-7(2-5)26(23,24)20-9-8(10(21)22)19-4-25-9/h1-4,20H,(H,21,22). The number of benzene rings is 1. The van der Waals surface area contributed by atoms with Gasteiger partial charge in [-0.1, -0.05) is 0 Å². The molecule has 0 aliphatic carbocycles. The second-order valence-electron chi connectivity index (χ2n) is 4.68. The van der Waals surface area contributed by atoms with Crippen LogP contribution in [-0.2, 0) is 22.4 Å². The number of anilines is 1. The molecule has 2 N–H and O–H groups in total. The Balaban J connectivity index is 2.58. The minimum atomic E-state index is -5.23. The number of rotatable bonds is 4. The van der Waals surface area contributed by atoms with Gasteiger partial charge in [-0.05, 0) is 18.2 Å². The van der Waals surface area contributed by atoms with Crippen molar-refractivity contribution in [3.8, 4) is 0 Å². The lowest BCUT2D eigenvalue weighted by atomic mass is 10.1. The summed E-state index contributed by atoms with van der Waals surface area (Å²) < 4.78 is 103. The van der Waals surface area contributed by atoms with Crippen molar-refractivity contribution < 1.29 is 44.7 Å². The largest absolute Gasteiger partial charge is 0.476 e. The van der Waals surface area contributed by atoms with Gasteiger partial charge in [0, 0.05) is 0 Å². The van der Waals surface area contributed by atoms with Crippen LogP contribution in [0.15, 0.2) is 28.6 Å². The Kier molecular flexibility index (Phi) is 4.93. The molecule has 0 saturated carbocycles. The number of carboxylic acid groups (broad SMARTS) is 1. The lowest BCUT2D eigenvalue weighted by Gasteiger charge is -2.14. The summed E-state index contributed by atoms with van der Waals surface area (Å²) in [5.74, 6) is -1.64. The summed E-state index contributed by atoms with van der Waals surface area (Å²) in [6.07, 6.45) is -10.5. The van der Waals surface area contributed by atoms with E-state index in [1.807, 2.05) is 0 Å². The van der Waals surface area contributed by atoms with E-state index in [-0.39, 0.29) is 18.2 Å². The number of halogens is 6. The zero-order chi connectivity index (χ0) is 19.9. The van der Waals surface area contributed by atoms with E-state index in [1.54, 1.807) is 4.72 Å². The Morgan fingerprint density at radius 2 is 1.54 bits per heavy atom. The summed E-state index contributed by atoms with van der Waals surface area (Å²) in [6, 6.07) is -0.202. The maximum absolute atomic E-state index is 12.8. The van der Waals surface area contributed by atoms with Gasteiger partial charge in [0.2, 0.25) is 0 Å². The minimum Gasteiger partial charge on any atom is -0.476 e. The second-order valence-corrected chi connectivity index (χ2v) is 7.22. The maximum atomic E-state index is 12.8. The van der Waals surface area contributed by atoms with E-state index >= 15 is 0 Å². The maximum Gasteiger partial charge on any atom is 0.416 e. The van der Waals surface area contributed by atoms with E-state index < -0.39 is 55.1 Å². The molecular formula is C12H6F6N2O4S2. The first kappa shape index (κ1) is 20.0. The molecule has 0 aliphatic heterocycles. The van der Waals surface area contributed by atoms with Crippen LogP contribution in [0, 0.1) is 0 Å². The normalized spacial score (nSPS) is 12.8. The van der Waals surface area contributed by atoms with E-state index in [0.717, 1.165) is 5.51 Å². The van der Waals surface area contributed by atoms with Crippen LogP contribution in [0.2, 0.25) is 0 Å². The molecule has 0 unspecified atom stereocenters. The molecule has 0 saturated heterocycles. The predicted molar refractivity (Wildman–Crippen MR) is 76.3 cm³/mol. The molecule has 14 heteroatoms.